The second-order valence-corrected chi connectivity index (χ2v) is 8.64. The molecule has 0 fully saturated rings. The van der Waals surface area contributed by atoms with Crippen LogP contribution in [-0.2, 0) is 0 Å². The van der Waals surface area contributed by atoms with Crippen LogP contribution in [0.2, 0.25) is 5.02 Å². The van der Waals surface area contributed by atoms with Crippen molar-refractivity contribution >= 4 is 34.1 Å². The minimum absolute atomic E-state index is 0.0268. The van der Waals surface area contributed by atoms with Gasteiger partial charge in [-0.05, 0) is 43.7 Å². The summed E-state index contributed by atoms with van der Waals surface area (Å²) in [4.78, 5) is 44.5. The zero-order chi connectivity index (χ0) is 26.7. The predicted molar refractivity (Wildman–Crippen MR) is 142 cm³/mol. The second kappa shape index (κ2) is 10.8. The Morgan fingerprint density at radius 3 is 2.49 bits per heavy atom. The Morgan fingerprint density at radius 1 is 1.14 bits per heavy atom. The van der Waals surface area contributed by atoms with Gasteiger partial charge in [-0.3, -0.25) is 24.3 Å². The second-order valence-electron chi connectivity index (χ2n) is 8.24. The van der Waals surface area contributed by atoms with E-state index in [-0.39, 0.29) is 28.4 Å². The Hall–Kier alpha value is -4.24. The van der Waals surface area contributed by atoms with Gasteiger partial charge in [0.1, 0.15) is 11.6 Å². The predicted octanol–water partition coefficient (Wildman–Crippen LogP) is 5.57. The number of hydrogen-bond acceptors (Lipinski definition) is 6. The highest BCUT2D eigenvalue weighted by molar-refractivity contribution is 6.34. The maximum atomic E-state index is 13.8. The minimum atomic E-state index is -0.619. The molecule has 10 heteroatoms. The van der Waals surface area contributed by atoms with E-state index >= 15 is 0 Å². The molecule has 1 heterocycles. The highest BCUT2D eigenvalue weighted by atomic mass is 35.5. The first-order valence-corrected chi connectivity index (χ1v) is 12.1. The van der Waals surface area contributed by atoms with Gasteiger partial charge in [0.2, 0.25) is 0 Å². The number of ether oxygens (including phenoxy) is 1. The molecule has 190 valence electrons. The van der Waals surface area contributed by atoms with Crippen LogP contribution in [0.4, 0.5) is 5.69 Å². The van der Waals surface area contributed by atoms with Crippen LogP contribution in [0.15, 0.2) is 71.5 Å². The number of carbonyl (C=O) groups excluding carboxylic acids is 1. The first-order chi connectivity index (χ1) is 17.8. The summed E-state index contributed by atoms with van der Waals surface area (Å²) >= 11 is 6.29. The monoisotopic (exact) mass is 520 g/mol. The Morgan fingerprint density at radius 2 is 1.84 bits per heavy atom. The Labute approximate surface area is 218 Å². The first kappa shape index (κ1) is 25.8. The number of non-ortho nitro benzene ring substituents is 1. The van der Waals surface area contributed by atoms with Crippen molar-refractivity contribution in [2.45, 2.75) is 26.3 Å². The summed E-state index contributed by atoms with van der Waals surface area (Å²) < 4.78 is 7.03. The number of nitro benzene ring substituents is 1. The van der Waals surface area contributed by atoms with E-state index < -0.39 is 16.9 Å². The number of para-hydroxylation sites is 3. The fraction of sp³-hybridized carbons (Fsp3) is 0.222. The van der Waals surface area contributed by atoms with E-state index in [4.69, 9.17) is 21.3 Å². The molecule has 9 nitrogen and oxygen atoms in total. The molecule has 0 saturated heterocycles. The molecule has 37 heavy (non-hydrogen) atoms. The van der Waals surface area contributed by atoms with Crippen molar-refractivity contribution < 1.29 is 14.5 Å². The van der Waals surface area contributed by atoms with Gasteiger partial charge in [-0.1, -0.05) is 42.8 Å². The summed E-state index contributed by atoms with van der Waals surface area (Å²) in [6.07, 6.45) is 0.435. The van der Waals surface area contributed by atoms with Gasteiger partial charge >= 0.3 is 0 Å². The zero-order valence-corrected chi connectivity index (χ0v) is 21.3. The number of nitrogens with zero attached hydrogens (tertiary/aromatic N) is 4. The highest BCUT2D eigenvalue weighted by Gasteiger charge is 2.30. The highest BCUT2D eigenvalue weighted by Crippen LogP contribution is 2.32. The Kier molecular flexibility index (Phi) is 7.54. The summed E-state index contributed by atoms with van der Waals surface area (Å²) in [5, 5.41) is 11.5. The lowest BCUT2D eigenvalue weighted by Crippen LogP contribution is -2.38. The number of benzene rings is 3. The number of hydrogen-bond donors (Lipinski definition) is 0. The molecular weight excluding hydrogens is 496 g/mol. The third-order valence-corrected chi connectivity index (χ3v) is 6.50. The van der Waals surface area contributed by atoms with Gasteiger partial charge in [0.05, 0.1) is 45.3 Å². The fourth-order valence-corrected chi connectivity index (χ4v) is 4.67. The van der Waals surface area contributed by atoms with Gasteiger partial charge in [-0.2, -0.15) is 0 Å². The number of amides is 1. The average molecular weight is 521 g/mol. The summed E-state index contributed by atoms with van der Waals surface area (Å²) in [7, 11) is 1.52. The van der Waals surface area contributed by atoms with Gasteiger partial charge in [0, 0.05) is 18.7 Å². The van der Waals surface area contributed by atoms with Crippen molar-refractivity contribution in [3.05, 3.63) is 104 Å². The maximum Gasteiger partial charge on any atom is 0.270 e. The molecule has 0 N–H and O–H groups in total. The van der Waals surface area contributed by atoms with Gasteiger partial charge in [-0.15, -0.1) is 0 Å². The topological polar surface area (TPSA) is 108 Å². The average Bonchev–Trinajstić information content (AvgIpc) is 2.91. The molecule has 1 aromatic heterocycles. The molecule has 1 atom stereocenters. The third kappa shape index (κ3) is 4.77. The van der Waals surface area contributed by atoms with Crippen LogP contribution in [0, 0.1) is 10.1 Å². The van der Waals surface area contributed by atoms with Crippen molar-refractivity contribution in [3.8, 4) is 11.4 Å². The van der Waals surface area contributed by atoms with Crippen molar-refractivity contribution in [1.29, 1.82) is 0 Å². The van der Waals surface area contributed by atoms with Gasteiger partial charge in [0.25, 0.3) is 17.2 Å². The molecule has 0 aliphatic heterocycles. The van der Waals surface area contributed by atoms with Crippen molar-refractivity contribution in [3.63, 3.8) is 0 Å². The van der Waals surface area contributed by atoms with E-state index in [0.717, 1.165) is 6.07 Å². The lowest BCUT2D eigenvalue weighted by molar-refractivity contribution is -0.384. The first-order valence-electron chi connectivity index (χ1n) is 11.7. The largest absolute Gasteiger partial charge is 0.495 e. The van der Waals surface area contributed by atoms with Crippen molar-refractivity contribution in [2.24, 2.45) is 0 Å². The van der Waals surface area contributed by atoms with Gasteiger partial charge < -0.3 is 9.64 Å². The fourth-order valence-electron chi connectivity index (χ4n) is 4.41. The molecule has 0 saturated carbocycles. The van der Waals surface area contributed by atoms with E-state index in [1.54, 1.807) is 53.4 Å². The maximum absolute atomic E-state index is 13.8. The summed E-state index contributed by atoms with van der Waals surface area (Å²) in [5.41, 5.74) is 0.625. The van der Waals surface area contributed by atoms with E-state index in [1.807, 2.05) is 13.8 Å². The van der Waals surface area contributed by atoms with Crippen molar-refractivity contribution in [2.75, 3.05) is 13.7 Å². The molecule has 0 bridgehead atoms. The standard InChI is InChI=1S/C27H25ClN4O5/c1-4-22(30(5-2)26(33)18-15-14-17(32(35)36)16-20(18)28)25-29-21-11-7-6-10-19(21)27(34)31(25)23-12-8-9-13-24(23)37-3/h6-16,22H,4-5H2,1-3H3. The molecule has 4 aromatic rings. The Balaban J connectivity index is 1.94. The van der Waals surface area contributed by atoms with E-state index in [0.29, 0.717) is 34.6 Å². The SMILES string of the molecule is CCC(c1nc2ccccc2c(=O)n1-c1ccccc1OC)N(CC)C(=O)c1ccc([N+](=O)[O-])cc1Cl. The molecule has 3 aromatic carbocycles. The summed E-state index contributed by atoms with van der Waals surface area (Å²) in [5.74, 6) is 0.415. The number of carbonyl (C=O) groups is 1. The van der Waals surface area contributed by atoms with Gasteiger partial charge in [0.15, 0.2) is 0 Å². The number of aromatic nitrogens is 2. The molecule has 1 amide bonds. The lowest BCUT2D eigenvalue weighted by Gasteiger charge is -2.32. The molecule has 1 unspecified atom stereocenters. The van der Waals surface area contributed by atoms with Crippen molar-refractivity contribution in [1.82, 2.24) is 14.5 Å². The van der Waals surface area contributed by atoms with E-state index in [1.165, 1.54) is 23.8 Å². The number of halogens is 1. The van der Waals surface area contributed by atoms with Crippen LogP contribution in [-0.4, -0.2) is 38.9 Å². The minimum Gasteiger partial charge on any atom is -0.495 e. The number of methoxy groups -OCH3 is 1. The zero-order valence-electron chi connectivity index (χ0n) is 20.6. The van der Waals surface area contributed by atoms with Crippen LogP contribution < -0.4 is 10.3 Å². The van der Waals surface area contributed by atoms with E-state index in [2.05, 4.69) is 0 Å². The van der Waals surface area contributed by atoms with Crippen LogP contribution >= 0.6 is 11.6 Å². The molecule has 4 rings (SSSR count). The van der Waals surface area contributed by atoms with E-state index in [9.17, 15) is 19.7 Å². The smallest absolute Gasteiger partial charge is 0.270 e. The quantitative estimate of drug-likeness (QED) is 0.222. The normalized spacial score (nSPS) is 11.8. The Bertz CT molecular complexity index is 1550. The molecular formula is C27H25ClN4O5. The molecule has 0 radical (unpaired) electrons. The number of rotatable bonds is 8. The van der Waals surface area contributed by atoms with Crippen LogP contribution in [0.5, 0.6) is 5.75 Å². The molecule has 0 aliphatic rings. The summed E-state index contributed by atoms with van der Waals surface area (Å²) in [6.45, 7) is 3.98. The molecule has 0 aliphatic carbocycles. The number of nitro groups is 1. The lowest BCUT2D eigenvalue weighted by atomic mass is 10.1. The van der Waals surface area contributed by atoms with Crippen LogP contribution in [0.25, 0.3) is 16.6 Å². The summed E-state index contributed by atoms with van der Waals surface area (Å²) in [6, 6.07) is 17.3. The van der Waals surface area contributed by atoms with Crippen LogP contribution in [0.3, 0.4) is 0 Å². The van der Waals surface area contributed by atoms with Gasteiger partial charge in [-0.25, -0.2) is 4.98 Å². The van der Waals surface area contributed by atoms with Crippen LogP contribution in [0.1, 0.15) is 42.5 Å². The third-order valence-electron chi connectivity index (χ3n) is 6.18. The number of fused-ring (bicyclic) bond motifs is 1. The molecule has 0 spiro atoms.